The molecule has 1 saturated heterocycles. The number of nitrogens with one attached hydrogen (secondary N) is 1. The summed E-state index contributed by atoms with van der Waals surface area (Å²) in [7, 11) is 0. The molecule has 2 aliphatic rings. The first-order chi connectivity index (χ1) is 7.57. The molecule has 3 atom stereocenters. The fraction of sp³-hybridized carbons (Fsp3) is 0.909. The Bertz CT molecular complexity index is 283. The predicted octanol–water partition coefficient (Wildman–Crippen LogP) is 1.85. The third kappa shape index (κ3) is 2.88. The lowest BCUT2D eigenvalue weighted by molar-refractivity contribution is -0.144. The van der Waals surface area contributed by atoms with Crippen LogP contribution in [-0.4, -0.2) is 31.6 Å². The van der Waals surface area contributed by atoms with E-state index in [0.717, 1.165) is 13.0 Å². The smallest absolute Gasteiger partial charge is 0.306 e. The van der Waals surface area contributed by atoms with Crippen LogP contribution in [0.1, 0.15) is 19.8 Å². The van der Waals surface area contributed by atoms with Crippen LogP contribution < -0.4 is 5.32 Å². The van der Waals surface area contributed by atoms with E-state index in [-0.39, 0.29) is 31.4 Å². The summed E-state index contributed by atoms with van der Waals surface area (Å²) >= 11 is 0. The van der Waals surface area contributed by atoms with Gasteiger partial charge in [0, 0.05) is 11.8 Å². The van der Waals surface area contributed by atoms with Crippen molar-refractivity contribution in [3.63, 3.8) is 0 Å². The van der Waals surface area contributed by atoms with Crippen molar-refractivity contribution in [3.05, 3.63) is 0 Å². The maximum atomic E-state index is 13.5. The summed E-state index contributed by atoms with van der Waals surface area (Å²) in [5, 5.41) is 3.08. The molecule has 17 heavy (non-hydrogen) atoms. The van der Waals surface area contributed by atoms with Crippen LogP contribution in [0.15, 0.2) is 0 Å². The standard InChI is InChI=1S/C11H17F2NO2.ClH/c1-2-16-9(15)5-8-10(11(8,12)13)7-3-4-14-6-7;/h7-8,10,14H,2-6H2,1H3;1H. The highest BCUT2D eigenvalue weighted by atomic mass is 35.5. The highest BCUT2D eigenvalue weighted by Crippen LogP contribution is 2.61. The van der Waals surface area contributed by atoms with Gasteiger partial charge in [0.05, 0.1) is 13.0 Å². The van der Waals surface area contributed by atoms with Crippen molar-refractivity contribution in [2.45, 2.75) is 25.7 Å². The SMILES string of the molecule is CCOC(=O)CC1C(C2CCNC2)C1(F)F.Cl. The fourth-order valence-corrected chi connectivity index (χ4v) is 2.71. The maximum Gasteiger partial charge on any atom is 0.306 e. The average Bonchev–Trinajstić information content (AvgIpc) is 2.65. The average molecular weight is 270 g/mol. The van der Waals surface area contributed by atoms with Crippen LogP contribution in [-0.2, 0) is 9.53 Å². The molecule has 0 spiro atoms. The Morgan fingerprint density at radius 3 is 2.76 bits per heavy atom. The van der Waals surface area contributed by atoms with Crippen LogP contribution >= 0.6 is 12.4 Å². The molecule has 0 bridgehead atoms. The van der Waals surface area contributed by atoms with Gasteiger partial charge in [-0.3, -0.25) is 4.79 Å². The Labute approximate surface area is 106 Å². The molecule has 0 radical (unpaired) electrons. The lowest BCUT2D eigenvalue weighted by atomic mass is 10.0. The van der Waals surface area contributed by atoms with E-state index >= 15 is 0 Å². The van der Waals surface area contributed by atoms with Gasteiger partial charge in [-0.15, -0.1) is 12.4 Å². The van der Waals surface area contributed by atoms with Gasteiger partial charge in [-0.1, -0.05) is 0 Å². The molecule has 3 unspecified atom stereocenters. The molecule has 3 nitrogen and oxygen atoms in total. The number of carbonyl (C=O) groups excluding carboxylic acids is 1. The summed E-state index contributed by atoms with van der Waals surface area (Å²) in [6, 6.07) is 0. The molecule has 0 aromatic heterocycles. The minimum absolute atomic E-state index is 0. The molecule has 100 valence electrons. The van der Waals surface area contributed by atoms with Crippen molar-refractivity contribution < 1.29 is 18.3 Å². The number of esters is 1. The van der Waals surface area contributed by atoms with Crippen LogP contribution in [0.2, 0.25) is 0 Å². The zero-order chi connectivity index (χ0) is 11.8. The Hall–Kier alpha value is -0.420. The van der Waals surface area contributed by atoms with E-state index in [9.17, 15) is 13.6 Å². The van der Waals surface area contributed by atoms with Crippen molar-refractivity contribution in [1.29, 1.82) is 0 Å². The zero-order valence-electron chi connectivity index (χ0n) is 9.75. The monoisotopic (exact) mass is 269 g/mol. The van der Waals surface area contributed by atoms with Gasteiger partial charge in [0.2, 0.25) is 0 Å². The topological polar surface area (TPSA) is 38.3 Å². The van der Waals surface area contributed by atoms with E-state index in [4.69, 9.17) is 4.74 Å². The van der Waals surface area contributed by atoms with Gasteiger partial charge in [-0.2, -0.15) is 0 Å². The number of halogens is 3. The summed E-state index contributed by atoms with van der Waals surface area (Å²) in [5.41, 5.74) is 0. The van der Waals surface area contributed by atoms with Crippen LogP contribution in [0.25, 0.3) is 0 Å². The lowest BCUT2D eigenvalue weighted by Crippen LogP contribution is -2.13. The van der Waals surface area contributed by atoms with Crippen molar-refractivity contribution >= 4 is 18.4 Å². The van der Waals surface area contributed by atoms with Crippen LogP contribution in [0.5, 0.6) is 0 Å². The largest absolute Gasteiger partial charge is 0.466 e. The minimum atomic E-state index is -2.66. The number of ether oxygens (including phenoxy) is 1. The second-order valence-corrected chi connectivity index (χ2v) is 4.57. The summed E-state index contributed by atoms with van der Waals surface area (Å²) in [6.07, 6.45) is 0.654. The lowest BCUT2D eigenvalue weighted by Gasteiger charge is -2.05. The highest BCUT2D eigenvalue weighted by Gasteiger charge is 2.70. The third-order valence-corrected chi connectivity index (χ3v) is 3.56. The van der Waals surface area contributed by atoms with Crippen LogP contribution in [0, 0.1) is 17.8 Å². The van der Waals surface area contributed by atoms with Gasteiger partial charge >= 0.3 is 5.97 Å². The number of hydrogen-bond donors (Lipinski definition) is 1. The van der Waals surface area contributed by atoms with E-state index in [0.29, 0.717) is 6.54 Å². The Kier molecular flexibility index (Phi) is 4.72. The summed E-state index contributed by atoms with van der Waals surface area (Å²) in [6.45, 7) is 3.40. The molecular weight excluding hydrogens is 252 g/mol. The molecule has 1 N–H and O–H groups in total. The first-order valence-electron chi connectivity index (χ1n) is 5.81. The van der Waals surface area contributed by atoms with E-state index < -0.39 is 23.7 Å². The third-order valence-electron chi connectivity index (χ3n) is 3.56. The number of rotatable bonds is 4. The van der Waals surface area contributed by atoms with E-state index in [2.05, 4.69) is 5.32 Å². The first kappa shape index (κ1) is 14.6. The molecule has 1 saturated carbocycles. The van der Waals surface area contributed by atoms with Gasteiger partial charge in [0.1, 0.15) is 0 Å². The van der Waals surface area contributed by atoms with E-state index in [1.807, 2.05) is 0 Å². The molecule has 0 amide bonds. The molecule has 6 heteroatoms. The zero-order valence-corrected chi connectivity index (χ0v) is 10.6. The normalized spacial score (nSPS) is 33.9. The quantitative estimate of drug-likeness (QED) is 0.792. The molecule has 1 aliphatic carbocycles. The fourth-order valence-electron chi connectivity index (χ4n) is 2.71. The van der Waals surface area contributed by atoms with Gasteiger partial charge in [-0.25, -0.2) is 8.78 Å². The Balaban J connectivity index is 0.00000144. The van der Waals surface area contributed by atoms with Crippen LogP contribution in [0.3, 0.4) is 0 Å². The van der Waals surface area contributed by atoms with Gasteiger partial charge in [0.25, 0.3) is 5.92 Å². The number of alkyl halides is 2. The Morgan fingerprint density at radius 2 is 2.24 bits per heavy atom. The van der Waals surface area contributed by atoms with Gasteiger partial charge in [0.15, 0.2) is 0 Å². The first-order valence-corrected chi connectivity index (χ1v) is 5.81. The summed E-state index contributed by atoms with van der Waals surface area (Å²) < 4.78 is 31.7. The summed E-state index contributed by atoms with van der Waals surface area (Å²) in [5.74, 6) is -4.55. The molecule has 0 aromatic rings. The molecular formula is C11H18ClF2NO2. The maximum absolute atomic E-state index is 13.5. The van der Waals surface area contributed by atoms with Crippen molar-refractivity contribution in [2.24, 2.45) is 17.8 Å². The minimum Gasteiger partial charge on any atom is -0.466 e. The van der Waals surface area contributed by atoms with Gasteiger partial charge < -0.3 is 10.1 Å². The highest BCUT2D eigenvalue weighted by molar-refractivity contribution is 5.85. The molecule has 0 aromatic carbocycles. The molecule has 1 aliphatic heterocycles. The van der Waals surface area contributed by atoms with Crippen LogP contribution in [0.4, 0.5) is 8.78 Å². The second kappa shape index (κ2) is 5.48. The van der Waals surface area contributed by atoms with Crippen molar-refractivity contribution in [1.82, 2.24) is 5.32 Å². The van der Waals surface area contributed by atoms with E-state index in [1.165, 1.54) is 0 Å². The van der Waals surface area contributed by atoms with Crippen molar-refractivity contribution in [2.75, 3.05) is 19.7 Å². The molecule has 1 heterocycles. The number of carbonyl (C=O) groups is 1. The predicted molar refractivity (Wildman–Crippen MR) is 61.4 cm³/mol. The van der Waals surface area contributed by atoms with Gasteiger partial charge in [-0.05, 0) is 32.4 Å². The second-order valence-electron chi connectivity index (χ2n) is 4.57. The number of hydrogen-bond acceptors (Lipinski definition) is 3. The molecule has 2 fully saturated rings. The molecule has 2 rings (SSSR count). The van der Waals surface area contributed by atoms with Crippen molar-refractivity contribution in [3.8, 4) is 0 Å². The van der Waals surface area contributed by atoms with E-state index in [1.54, 1.807) is 6.92 Å². The summed E-state index contributed by atoms with van der Waals surface area (Å²) in [4.78, 5) is 11.2. The Morgan fingerprint density at radius 1 is 1.53 bits per heavy atom.